The van der Waals surface area contributed by atoms with Crippen LogP contribution in [0.25, 0.3) is 0 Å². The fourth-order valence-electron chi connectivity index (χ4n) is 4.83. The second kappa shape index (κ2) is 16.0. The standard InChI is InChI=1S/C39H54O9/c1-25(2)29-15-19-31(20-16-29)36(7,8)23-27(5)33(40)45-47-38(11,12)43-35(42)44-39(13,14)48-46-34(41)28(6)24-37(9,10)32-21-17-30(18-22-32)26(3)4/h15-26H,1-14H3/b27-23-,28-24-. The van der Waals surface area contributed by atoms with Gasteiger partial charge in [-0.1, -0.05) is 116 Å². The number of hydrogen-bond acceptors (Lipinski definition) is 9. The molecule has 264 valence electrons. The molecule has 0 atom stereocenters. The number of carbonyl (C=O) groups is 3. The van der Waals surface area contributed by atoms with Crippen molar-refractivity contribution < 1.29 is 43.4 Å². The number of benzene rings is 2. The SMILES string of the molecule is C/C(=C/C(C)(C)c1ccc(C(C)C)cc1)C(=O)OOC(C)(C)OC(=O)OC(C)(C)OOC(=O)/C(C)=C\C(C)(C)c1ccc(C(C)C)cc1. The average molecular weight is 667 g/mol. The molecule has 0 saturated carbocycles. The van der Waals surface area contributed by atoms with Gasteiger partial charge < -0.3 is 9.47 Å². The Morgan fingerprint density at radius 3 is 1.10 bits per heavy atom. The molecule has 0 aliphatic carbocycles. The van der Waals surface area contributed by atoms with Gasteiger partial charge in [0.15, 0.2) is 0 Å². The van der Waals surface area contributed by atoms with Crippen molar-refractivity contribution in [1.82, 2.24) is 0 Å². The molecule has 0 amide bonds. The highest BCUT2D eigenvalue weighted by atomic mass is 17.3. The Morgan fingerprint density at radius 1 is 0.542 bits per heavy atom. The third-order valence-electron chi connectivity index (χ3n) is 7.74. The normalized spacial score (nSPS) is 13.4. The van der Waals surface area contributed by atoms with Crippen molar-refractivity contribution in [3.63, 3.8) is 0 Å². The molecule has 9 nitrogen and oxygen atoms in total. The summed E-state index contributed by atoms with van der Waals surface area (Å²) in [6.45, 7) is 25.2. The first-order valence-corrected chi connectivity index (χ1v) is 16.3. The molecule has 0 spiro atoms. The highest BCUT2D eigenvalue weighted by molar-refractivity contribution is 5.88. The zero-order valence-corrected chi connectivity index (χ0v) is 31.1. The van der Waals surface area contributed by atoms with Gasteiger partial charge >= 0.3 is 18.1 Å². The van der Waals surface area contributed by atoms with Crippen molar-refractivity contribution in [3.8, 4) is 0 Å². The topological polar surface area (TPSA) is 107 Å². The molecule has 0 aliphatic heterocycles. The Kier molecular flexibility index (Phi) is 13.4. The maximum absolute atomic E-state index is 12.7. The fraction of sp³-hybridized carbons (Fsp3) is 0.513. The van der Waals surface area contributed by atoms with Crippen LogP contribution in [0.3, 0.4) is 0 Å². The second-order valence-corrected chi connectivity index (χ2v) is 14.8. The lowest BCUT2D eigenvalue weighted by Crippen LogP contribution is -2.38. The Balaban J connectivity index is 1.91. The molecule has 0 saturated heterocycles. The zero-order chi connectivity index (χ0) is 36.7. The molecular weight excluding hydrogens is 612 g/mol. The summed E-state index contributed by atoms with van der Waals surface area (Å²) in [5, 5.41) is 0. The van der Waals surface area contributed by atoms with Gasteiger partial charge in [0.05, 0.1) is 0 Å². The molecule has 0 fully saturated rings. The lowest BCUT2D eigenvalue weighted by atomic mass is 9.82. The molecule has 48 heavy (non-hydrogen) atoms. The molecule has 0 radical (unpaired) electrons. The molecule has 2 rings (SSSR count). The van der Waals surface area contributed by atoms with E-state index in [2.05, 4.69) is 52.0 Å². The van der Waals surface area contributed by atoms with Gasteiger partial charge in [0.25, 0.3) is 11.6 Å². The molecule has 0 N–H and O–H groups in total. The maximum atomic E-state index is 12.7. The van der Waals surface area contributed by atoms with Crippen LogP contribution in [-0.4, -0.2) is 29.7 Å². The Labute approximate surface area is 286 Å². The van der Waals surface area contributed by atoms with Crippen LogP contribution in [0, 0.1) is 0 Å². The van der Waals surface area contributed by atoms with E-state index in [1.54, 1.807) is 26.0 Å². The van der Waals surface area contributed by atoms with E-state index in [1.165, 1.54) is 38.8 Å². The first kappa shape index (κ1) is 40.2. The first-order chi connectivity index (χ1) is 21.9. The largest absolute Gasteiger partial charge is 0.513 e. The Bertz CT molecular complexity index is 1360. The van der Waals surface area contributed by atoms with Crippen LogP contribution < -0.4 is 0 Å². The van der Waals surface area contributed by atoms with Crippen LogP contribution in [0.4, 0.5) is 4.79 Å². The van der Waals surface area contributed by atoms with E-state index in [9.17, 15) is 14.4 Å². The maximum Gasteiger partial charge on any atom is 0.513 e. The van der Waals surface area contributed by atoms with E-state index >= 15 is 0 Å². The van der Waals surface area contributed by atoms with Gasteiger partial charge in [-0.25, -0.2) is 14.4 Å². The van der Waals surface area contributed by atoms with Crippen LogP contribution in [0.1, 0.15) is 131 Å². The van der Waals surface area contributed by atoms with Gasteiger partial charge in [0.1, 0.15) is 0 Å². The molecule has 0 heterocycles. The van der Waals surface area contributed by atoms with Crippen LogP contribution >= 0.6 is 0 Å². The summed E-state index contributed by atoms with van der Waals surface area (Å²) in [5.74, 6) is -4.11. The molecule has 0 aromatic heterocycles. The number of ether oxygens (including phenoxy) is 2. The van der Waals surface area contributed by atoms with Gasteiger partial charge in [0.2, 0.25) is 0 Å². The van der Waals surface area contributed by atoms with Crippen molar-refractivity contribution in [3.05, 3.63) is 94.1 Å². The molecule has 2 aromatic carbocycles. The number of carbonyl (C=O) groups excluding carboxylic acids is 3. The van der Waals surface area contributed by atoms with Crippen molar-refractivity contribution in [2.75, 3.05) is 0 Å². The Morgan fingerprint density at radius 2 is 0.833 bits per heavy atom. The minimum atomic E-state index is -1.72. The van der Waals surface area contributed by atoms with Gasteiger partial charge in [0, 0.05) is 49.7 Å². The van der Waals surface area contributed by atoms with Crippen LogP contribution in [-0.2, 0) is 49.4 Å². The lowest BCUT2D eigenvalue weighted by molar-refractivity contribution is -0.397. The highest BCUT2D eigenvalue weighted by Crippen LogP contribution is 2.30. The summed E-state index contributed by atoms with van der Waals surface area (Å²) in [4.78, 5) is 58.2. The van der Waals surface area contributed by atoms with Gasteiger partial charge in [-0.2, -0.15) is 0 Å². The number of allylic oxidation sites excluding steroid dienone is 2. The molecule has 0 bridgehead atoms. The summed E-state index contributed by atoms with van der Waals surface area (Å²) in [7, 11) is 0. The van der Waals surface area contributed by atoms with Gasteiger partial charge in [-0.15, -0.1) is 9.78 Å². The van der Waals surface area contributed by atoms with Crippen LogP contribution in [0.15, 0.2) is 71.8 Å². The van der Waals surface area contributed by atoms with Crippen molar-refractivity contribution in [2.45, 2.75) is 131 Å². The van der Waals surface area contributed by atoms with E-state index in [0.717, 1.165) is 11.1 Å². The lowest BCUT2D eigenvalue weighted by Gasteiger charge is -2.27. The Hall–Kier alpha value is -3.95. The minimum absolute atomic E-state index is 0.305. The smallest absolute Gasteiger partial charge is 0.398 e. The number of rotatable bonds is 14. The molecule has 9 heteroatoms. The number of hydrogen-bond donors (Lipinski definition) is 0. The van der Waals surface area contributed by atoms with E-state index in [0.29, 0.717) is 23.0 Å². The summed E-state index contributed by atoms with van der Waals surface area (Å²) < 4.78 is 10.4. The first-order valence-electron chi connectivity index (χ1n) is 16.3. The molecule has 0 unspecified atom stereocenters. The predicted octanol–water partition coefficient (Wildman–Crippen LogP) is 9.66. The zero-order valence-electron chi connectivity index (χ0n) is 31.1. The highest BCUT2D eigenvalue weighted by Gasteiger charge is 2.34. The average Bonchev–Trinajstić information content (AvgIpc) is 2.97. The molecule has 2 aromatic rings. The van der Waals surface area contributed by atoms with E-state index < -0.39 is 40.5 Å². The predicted molar refractivity (Wildman–Crippen MR) is 185 cm³/mol. The van der Waals surface area contributed by atoms with Crippen molar-refractivity contribution >= 4 is 18.1 Å². The monoisotopic (exact) mass is 666 g/mol. The van der Waals surface area contributed by atoms with Crippen LogP contribution in [0.5, 0.6) is 0 Å². The summed E-state index contributed by atoms with van der Waals surface area (Å²) in [5.41, 5.74) is 4.20. The third kappa shape index (κ3) is 12.3. The van der Waals surface area contributed by atoms with Crippen molar-refractivity contribution in [2.24, 2.45) is 0 Å². The van der Waals surface area contributed by atoms with Crippen LogP contribution in [0.2, 0.25) is 0 Å². The fourth-order valence-corrected chi connectivity index (χ4v) is 4.83. The van der Waals surface area contributed by atoms with Gasteiger partial charge in [-0.05, 0) is 47.9 Å². The molecule has 0 aliphatic rings. The van der Waals surface area contributed by atoms with E-state index in [4.69, 9.17) is 29.0 Å². The van der Waals surface area contributed by atoms with Gasteiger partial charge in [-0.3, -0.25) is 9.78 Å². The quantitative estimate of drug-likeness (QED) is 0.0640. The summed E-state index contributed by atoms with van der Waals surface area (Å²) >= 11 is 0. The third-order valence-corrected chi connectivity index (χ3v) is 7.74. The summed E-state index contributed by atoms with van der Waals surface area (Å²) in [6.07, 6.45) is 2.36. The summed E-state index contributed by atoms with van der Waals surface area (Å²) in [6, 6.07) is 16.5. The second-order valence-electron chi connectivity index (χ2n) is 14.8. The minimum Gasteiger partial charge on any atom is -0.398 e. The van der Waals surface area contributed by atoms with E-state index in [-0.39, 0.29) is 0 Å². The molecular formula is C39H54O9. The van der Waals surface area contributed by atoms with E-state index in [1.807, 2.05) is 52.0 Å². The van der Waals surface area contributed by atoms with Crippen molar-refractivity contribution in [1.29, 1.82) is 0 Å².